The summed E-state index contributed by atoms with van der Waals surface area (Å²) in [4.78, 5) is 0. The Hall–Kier alpha value is -0.0700. The van der Waals surface area contributed by atoms with E-state index in [-0.39, 0.29) is 12.6 Å². The molecule has 0 aromatic rings. The summed E-state index contributed by atoms with van der Waals surface area (Å²) < 4.78 is 12.2. The second-order valence-corrected chi connectivity index (χ2v) is 40.6. The summed E-state index contributed by atoms with van der Waals surface area (Å²) in [6, 6.07) is 0. The summed E-state index contributed by atoms with van der Waals surface area (Å²) in [5, 5.41) is 0. The Labute approximate surface area is 626 Å². The summed E-state index contributed by atoms with van der Waals surface area (Å²) in [5.74, 6) is 26.6. The molecule has 97 heavy (non-hydrogen) atoms. The molecule has 0 aliphatic heterocycles. The van der Waals surface area contributed by atoms with Crippen LogP contribution in [0.25, 0.3) is 0 Å². The molecule has 0 nitrogen and oxygen atoms in total. The van der Waals surface area contributed by atoms with Gasteiger partial charge in [0.1, 0.15) is 0 Å². The van der Waals surface area contributed by atoms with Crippen molar-refractivity contribution in [2.45, 2.75) is 418 Å². The zero-order valence-electron chi connectivity index (χ0n) is 79.2. The fourth-order valence-electron chi connectivity index (χ4n) is 16.0. The third-order valence-electron chi connectivity index (χ3n) is 24.7. The Bertz CT molecular complexity index is 1320. The summed E-state index contributed by atoms with van der Waals surface area (Å²) in [6.45, 7) is 121. The van der Waals surface area contributed by atoms with Crippen molar-refractivity contribution in [2.75, 3.05) is 6.67 Å². The minimum absolute atomic E-state index is 0.171. The highest BCUT2D eigenvalue weighted by Crippen LogP contribution is 2.57. The maximum Gasteiger partial charge on any atom is 0.0927 e. The minimum Gasteiger partial charge on any atom is -0.251 e. The second kappa shape index (κ2) is 63.2. The molecule has 2 aliphatic rings. The number of rotatable bonds is 28. The number of hydrogen-bond acceptors (Lipinski definition) is 0. The number of halogens is 1. The molecule has 0 atom stereocenters. The molecule has 0 aromatic carbocycles. The number of alkyl halides is 1. The van der Waals surface area contributed by atoms with Gasteiger partial charge in [-0.25, -0.2) is 0 Å². The third-order valence-corrected chi connectivity index (χ3v) is 24.7. The average Bonchev–Trinajstić information content (AvgIpc) is 4.36. The molecular formula is C96H209F. The minimum atomic E-state index is -0.171. The quantitative estimate of drug-likeness (QED) is 0.0732. The van der Waals surface area contributed by atoms with Crippen molar-refractivity contribution in [1.29, 1.82) is 0 Å². The van der Waals surface area contributed by atoms with Gasteiger partial charge in [0, 0.05) is 0 Å². The maximum absolute atomic E-state index is 12.2. The Morgan fingerprint density at radius 2 is 0.495 bits per heavy atom. The van der Waals surface area contributed by atoms with Gasteiger partial charge < -0.3 is 0 Å². The molecule has 2 saturated carbocycles. The van der Waals surface area contributed by atoms with E-state index in [4.69, 9.17) is 0 Å². The van der Waals surface area contributed by atoms with Gasteiger partial charge in [-0.2, -0.15) is 0 Å². The lowest BCUT2D eigenvalue weighted by molar-refractivity contribution is 0.165. The Kier molecular flexibility index (Phi) is 75.2. The summed E-state index contributed by atoms with van der Waals surface area (Å²) in [6.07, 6.45) is 11.3. The first-order chi connectivity index (χ1) is 43.7. The van der Waals surface area contributed by atoms with Crippen LogP contribution in [0.3, 0.4) is 0 Å². The largest absolute Gasteiger partial charge is 0.251 e. The van der Waals surface area contributed by atoms with Crippen molar-refractivity contribution < 1.29 is 4.39 Å². The van der Waals surface area contributed by atoms with Gasteiger partial charge in [-0.3, -0.25) is 4.39 Å². The van der Waals surface area contributed by atoms with Crippen LogP contribution in [0.4, 0.5) is 4.39 Å². The second-order valence-electron chi connectivity index (χ2n) is 40.6. The van der Waals surface area contributed by atoms with E-state index in [1.165, 1.54) is 51.4 Å². The van der Waals surface area contributed by atoms with E-state index in [1.807, 2.05) is 0 Å². The molecule has 2 rings (SSSR count). The van der Waals surface area contributed by atoms with Crippen molar-refractivity contribution in [2.24, 2.45) is 200 Å². The highest BCUT2D eigenvalue weighted by molar-refractivity contribution is 4.97. The van der Waals surface area contributed by atoms with Crippen LogP contribution < -0.4 is 0 Å². The van der Waals surface area contributed by atoms with Gasteiger partial charge in [0.05, 0.1) is 6.67 Å². The van der Waals surface area contributed by atoms with Gasteiger partial charge in [-0.15, -0.1) is 0 Å². The lowest BCUT2D eigenvalue weighted by Crippen LogP contribution is -2.25. The van der Waals surface area contributed by atoms with Crippen molar-refractivity contribution in [3.05, 3.63) is 0 Å². The Morgan fingerprint density at radius 3 is 0.505 bits per heavy atom. The molecule has 0 bridgehead atoms. The normalized spacial score (nSPS) is 13.9. The molecule has 0 spiro atoms. The van der Waals surface area contributed by atoms with Gasteiger partial charge in [-0.1, -0.05) is 386 Å². The van der Waals surface area contributed by atoms with E-state index in [0.717, 1.165) is 177 Å². The van der Waals surface area contributed by atoms with Crippen LogP contribution in [-0.4, -0.2) is 6.67 Å². The van der Waals surface area contributed by atoms with Crippen LogP contribution in [-0.2, 0) is 0 Å². The molecule has 0 saturated heterocycles. The van der Waals surface area contributed by atoms with E-state index in [9.17, 15) is 4.39 Å². The van der Waals surface area contributed by atoms with Crippen molar-refractivity contribution in [3.8, 4) is 0 Å². The van der Waals surface area contributed by atoms with Crippen LogP contribution >= 0.6 is 0 Å². The number of hydrogen-bond donors (Lipinski definition) is 0. The van der Waals surface area contributed by atoms with E-state index >= 15 is 0 Å². The van der Waals surface area contributed by atoms with Gasteiger partial charge in [-0.05, 0) is 232 Å². The van der Waals surface area contributed by atoms with Crippen LogP contribution in [0.5, 0.6) is 0 Å². The fraction of sp³-hybridized carbons (Fsp3) is 1.00. The van der Waals surface area contributed by atoms with Gasteiger partial charge in [0.2, 0.25) is 0 Å². The molecule has 1 heteroatoms. The molecule has 0 unspecified atom stereocenters. The molecule has 0 N–H and O–H groups in total. The Morgan fingerprint density at radius 1 is 0.289 bits per heavy atom. The molecular weight excluding hydrogens is 1170 g/mol. The van der Waals surface area contributed by atoms with Gasteiger partial charge in [0.25, 0.3) is 0 Å². The smallest absolute Gasteiger partial charge is 0.0927 e. The first kappa shape index (κ1) is 115. The first-order valence-electron chi connectivity index (χ1n) is 43.2. The van der Waals surface area contributed by atoms with E-state index in [0.29, 0.717) is 17.3 Å². The monoisotopic (exact) mass is 1380 g/mol. The topological polar surface area (TPSA) is 0 Å². The standard InChI is InChI=1S/C10H20.C10H22.C9H18.4C9H20.C8H17F.2C8H18.C7H16/c1-7(2)10(8(3)4)9-5-6-9;1-7(2)10(8(3)4)9(5)6;1-7(2)9(5-6-9)8(3)4;1-7(2)9(5,6)8(3)4;3*1-6-9(7(2)3)8(4)5;1-6(2)8(5-9)7(3)4;2*1-6(2)8(5)7(3)4;1-6(2)5-7(3)4/h7-10H,5-6H2,1-4H3;7-10H,1-6H3;7-8H,5-6H2,1-4H3;7-8H,1-6H3;3*7-9H,6H2,1-5H3;6-8H,5H2,1-4H3;2*6-8H,1-5H3;6-7H,5H2,1-4H3. The molecule has 600 valence electrons. The third kappa shape index (κ3) is 63.0. The van der Waals surface area contributed by atoms with Gasteiger partial charge >= 0.3 is 0 Å². The van der Waals surface area contributed by atoms with Crippen LogP contribution in [0.1, 0.15) is 418 Å². The summed E-state index contributed by atoms with van der Waals surface area (Å²) >= 11 is 0. The lowest BCUT2D eigenvalue weighted by Gasteiger charge is -2.33. The average molecular weight is 1380 g/mol. The molecule has 0 aromatic heterocycles. The van der Waals surface area contributed by atoms with E-state index < -0.39 is 0 Å². The van der Waals surface area contributed by atoms with Crippen LogP contribution in [0.2, 0.25) is 0 Å². The molecule has 0 amide bonds. The predicted molar refractivity (Wildman–Crippen MR) is 460 cm³/mol. The highest BCUT2D eigenvalue weighted by atomic mass is 19.1. The van der Waals surface area contributed by atoms with Crippen LogP contribution in [0.15, 0.2) is 0 Å². The zero-order chi connectivity index (χ0) is 79.8. The van der Waals surface area contributed by atoms with Crippen molar-refractivity contribution in [1.82, 2.24) is 0 Å². The molecule has 0 radical (unpaired) electrons. The molecule has 0 heterocycles. The van der Waals surface area contributed by atoms with Crippen LogP contribution in [0, 0.1) is 200 Å². The summed E-state index contributed by atoms with van der Waals surface area (Å²) in [5.41, 5.74) is 1.25. The maximum atomic E-state index is 12.2. The fourth-order valence-corrected chi connectivity index (χ4v) is 16.0. The van der Waals surface area contributed by atoms with Gasteiger partial charge in [0.15, 0.2) is 0 Å². The summed E-state index contributed by atoms with van der Waals surface area (Å²) in [7, 11) is 0. The first-order valence-corrected chi connectivity index (χ1v) is 43.2. The highest BCUT2D eigenvalue weighted by Gasteiger charge is 2.47. The predicted octanol–water partition coefficient (Wildman–Crippen LogP) is 34.7. The zero-order valence-corrected chi connectivity index (χ0v) is 79.2. The van der Waals surface area contributed by atoms with Crippen molar-refractivity contribution >= 4 is 0 Å². The lowest BCUT2D eigenvalue weighted by atomic mass is 9.72. The molecule has 2 aliphatic carbocycles. The van der Waals surface area contributed by atoms with E-state index in [2.05, 4.69) is 367 Å². The SMILES string of the molecule is CC(C)C(C(C)C)C(C)C.CC(C)C(C(C)C)C1CC1.CC(C)C(C)(C)C(C)C.CC(C)C(C)C(C)C.CC(C)C(C)C(C)C.CC(C)C(CF)C(C)C.CC(C)C1(C(C)C)CC1.CC(C)CC(C)C.CCC(C(C)C)C(C)C.CCC(C(C)C)C(C)C.CCC(C(C)C)C(C)C. The molecule has 2 fully saturated rings. The Balaban J connectivity index is -0.000000126. The van der Waals surface area contributed by atoms with E-state index in [1.54, 1.807) is 0 Å². The van der Waals surface area contributed by atoms with Crippen molar-refractivity contribution in [3.63, 3.8) is 0 Å².